The number of rotatable bonds is 7. The Labute approximate surface area is 219 Å². The highest BCUT2D eigenvalue weighted by Crippen LogP contribution is 2.50. The number of carbonyl (C=O) groups is 3. The number of hydroxylamine groups is 1. The quantitative estimate of drug-likeness (QED) is 0.0938. The third-order valence-corrected chi connectivity index (χ3v) is 7.36. The van der Waals surface area contributed by atoms with Crippen LogP contribution in [0.4, 0.5) is 0 Å². The molecule has 0 spiro atoms. The summed E-state index contributed by atoms with van der Waals surface area (Å²) in [6.45, 7) is 0.243. The van der Waals surface area contributed by atoms with Crippen LogP contribution in [0.3, 0.4) is 0 Å². The first-order valence-corrected chi connectivity index (χ1v) is 11.7. The van der Waals surface area contributed by atoms with Gasteiger partial charge in [0, 0.05) is 18.5 Å². The number of hydrogen-bond donors (Lipinski definition) is 4. The monoisotopic (exact) mass is 529 g/mol. The van der Waals surface area contributed by atoms with Gasteiger partial charge in [0.15, 0.2) is 11.5 Å². The van der Waals surface area contributed by atoms with Gasteiger partial charge in [0.2, 0.25) is 24.5 Å². The van der Waals surface area contributed by atoms with E-state index in [2.05, 4.69) is 0 Å². The minimum absolute atomic E-state index is 0. The largest absolute Gasteiger partial charge is 1.00 e. The van der Waals surface area contributed by atoms with Crippen LogP contribution in [-0.2, 0) is 20.9 Å². The number of carbonyl (C=O) groups excluding carboxylic acids is 3. The summed E-state index contributed by atoms with van der Waals surface area (Å²) in [7, 11) is 1.85. The Morgan fingerprint density at radius 3 is 2.46 bits per heavy atom. The van der Waals surface area contributed by atoms with Crippen LogP contribution in [0.25, 0.3) is 0 Å². The van der Waals surface area contributed by atoms with Crippen molar-refractivity contribution in [2.45, 2.75) is 31.5 Å². The SMILES string of the molecule is CN1[C@@H](CCC(=O)NO)[C@@H]2C(=O)N(Cc3ccc4c(c3)OCO4)C(=O)[C@@H]2[C@@H]1c1ccc(C(N)=[NH2+])cc1.[Cl-]. The van der Waals surface area contributed by atoms with E-state index in [1.54, 1.807) is 35.8 Å². The van der Waals surface area contributed by atoms with Gasteiger partial charge in [0.1, 0.15) is 0 Å². The van der Waals surface area contributed by atoms with Crippen molar-refractivity contribution in [1.29, 1.82) is 0 Å². The Bertz CT molecular complexity index is 1240. The molecule has 0 aliphatic carbocycles. The highest BCUT2D eigenvalue weighted by atomic mass is 35.5. The molecule has 5 rings (SSSR count). The molecule has 3 aliphatic rings. The van der Waals surface area contributed by atoms with Gasteiger partial charge in [0.25, 0.3) is 5.84 Å². The van der Waals surface area contributed by atoms with Crippen molar-refractivity contribution in [3.05, 3.63) is 59.2 Å². The molecule has 0 saturated carbocycles. The highest BCUT2D eigenvalue weighted by Gasteiger charge is 2.61. The average molecular weight is 530 g/mol. The number of ether oxygens (including phenoxy) is 2. The first kappa shape index (κ1) is 26.4. The minimum Gasteiger partial charge on any atom is -1.00 e. The zero-order valence-corrected chi connectivity index (χ0v) is 20.9. The van der Waals surface area contributed by atoms with E-state index in [0.29, 0.717) is 23.5 Å². The van der Waals surface area contributed by atoms with Crippen molar-refractivity contribution in [2.75, 3.05) is 13.8 Å². The van der Waals surface area contributed by atoms with Gasteiger partial charge in [0.05, 0.1) is 23.9 Å². The van der Waals surface area contributed by atoms with Crippen molar-refractivity contribution < 1.29 is 46.9 Å². The van der Waals surface area contributed by atoms with E-state index in [1.165, 1.54) is 4.90 Å². The molecule has 3 amide bonds. The lowest BCUT2D eigenvalue weighted by Gasteiger charge is -2.30. The Morgan fingerprint density at radius 1 is 1.11 bits per heavy atom. The third-order valence-electron chi connectivity index (χ3n) is 7.36. The number of halogens is 1. The maximum absolute atomic E-state index is 13.7. The molecule has 196 valence electrons. The standard InChI is InChI=1S/C25H27N5O6.ClH/c1-29-16(7-9-19(31)28-34)20-21(22(29)14-3-5-15(6-4-14)23(26)27)25(33)30(24(20)32)11-13-2-8-17-18(10-13)36-12-35-17;/h2-6,8,10,16,20-22,34H,7,9,11-12H2,1H3,(H3,26,27)(H,28,31);1H/t16-,20-,21-,22-;/m0./s1. The van der Waals surface area contributed by atoms with Gasteiger partial charge in [-0.3, -0.25) is 40.5 Å². The van der Waals surface area contributed by atoms with Crippen molar-refractivity contribution in [3.8, 4) is 11.5 Å². The number of likely N-dealkylation sites (tertiary alicyclic amines) is 2. The normalized spacial score (nSPS) is 24.1. The molecule has 2 aromatic carbocycles. The van der Waals surface area contributed by atoms with Crippen LogP contribution in [0.5, 0.6) is 11.5 Å². The number of hydrogen-bond acceptors (Lipinski definition) is 7. The summed E-state index contributed by atoms with van der Waals surface area (Å²) in [5.41, 5.74) is 9.61. The van der Waals surface area contributed by atoms with Gasteiger partial charge in [-0.15, -0.1) is 0 Å². The molecule has 2 saturated heterocycles. The fraction of sp³-hybridized carbons (Fsp3) is 0.360. The highest BCUT2D eigenvalue weighted by molar-refractivity contribution is 6.06. The number of imide groups is 1. The lowest BCUT2D eigenvalue weighted by molar-refractivity contribution is -0.142. The van der Waals surface area contributed by atoms with Crippen molar-refractivity contribution >= 4 is 23.6 Å². The molecule has 0 aromatic heterocycles. The third kappa shape index (κ3) is 4.61. The maximum Gasteiger partial charge on any atom is 0.270 e. The molecule has 6 N–H and O–H groups in total. The van der Waals surface area contributed by atoms with Gasteiger partial charge >= 0.3 is 0 Å². The zero-order valence-electron chi connectivity index (χ0n) is 20.1. The van der Waals surface area contributed by atoms with E-state index in [4.69, 9.17) is 25.8 Å². The Kier molecular flexibility index (Phi) is 7.39. The molecule has 0 unspecified atom stereocenters. The molecule has 0 bridgehead atoms. The molecule has 3 aliphatic heterocycles. The van der Waals surface area contributed by atoms with Gasteiger partial charge in [-0.25, -0.2) is 5.48 Å². The lowest BCUT2D eigenvalue weighted by Crippen LogP contribution is -3.00. The molecular formula is C25H28ClN5O6. The van der Waals surface area contributed by atoms with Crippen molar-refractivity contribution in [3.63, 3.8) is 0 Å². The summed E-state index contributed by atoms with van der Waals surface area (Å²) in [5.74, 6) is -0.941. The van der Waals surface area contributed by atoms with E-state index in [1.807, 2.05) is 24.1 Å². The predicted octanol–water partition coefficient (Wildman–Crippen LogP) is -3.67. The van der Waals surface area contributed by atoms with E-state index in [0.717, 1.165) is 11.1 Å². The molecule has 12 heteroatoms. The van der Waals surface area contributed by atoms with E-state index in [-0.39, 0.29) is 61.9 Å². The summed E-state index contributed by atoms with van der Waals surface area (Å²) in [5, 5.41) is 14.6. The van der Waals surface area contributed by atoms with E-state index >= 15 is 0 Å². The van der Waals surface area contributed by atoms with Gasteiger partial charge in [-0.05, 0) is 48.9 Å². The molecule has 37 heavy (non-hydrogen) atoms. The Morgan fingerprint density at radius 2 is 1.78 bits per heavy atom. The van der Waals surface area contributed by atoms with Gasteiger partial charge in [-0.1, -0.05) is 18.2 Å². The molecular weight excluding hydrogens is 502 g/mol. The van der Waals surface area contributed by atoms with Gasteiger partial charge in [-0.2, -0.15) is 0 Å². The summed E-state index contributed by atoms with van der Waals surface area (Å²) in [4.78, 5) is 42.5. The number of nitrogens with two attached hydrogens (primary N) is 2. The van der Waals surface area contributed by atoms with Crippen LogP contribution in [0.1, 0.15) is 35.6 Å². The van der Waals surface area contributed by atoms with Crippen molar-refractivity contribution in [1.82, 2.24) is 15.3 Å². The number of nitrogens with zero attached hydrogens (tertiary/aromatic N) is 2. The molecule has 2 fully saturated rings. The smallest absolute Gasteiger partial charge is 0.270 e. The van der Waals surface area contributed by atoms with Crippen LogP contribution >= 0.6 is 0 Å². The number of benzene rings is 2. The van der Waals surface area contributed by atoms with Crippen LogP contribution in [0, 0.1) is 11.8 Å². The molecule has 0 radical (unpaired) electrons. The fourth-order valence-electron chi connectivity index (χ4n) is 5.64. The minimum atomic E-state index is -0.626. The van der Waals surface area contributed by atoms with Crippen molar-refractivity contribution in [2.24, 2.45) is 17.6 Å². The zero-order chi connectivity index (χ0) is 25.6. The number of amides is 3. The number of amidine groups is 1. The second kappa shape index (κ2) is 10.4. The summed E-state index contributed by atoms with van der Waals surface area (Å²) < 4.78 is 10.8. The van der Waals surface area contributed by atoms with Crippen LogP contribution in [0.15, 0.2) is 42.5 Å². The van der Waals surface area contributed by atoms with Crippen LogP contribution < -0.4 is 38.5 Å². The predicted molar refractivity (Wildman–Crippen MR) is 125 cm³/mol. The number of nitrogens with one attached hydrogen (secondary N) is 1. The molecule has 11 nitrogen and oxygen atoms in total. The van der Waals surface area contributed by atoms with E-state index in [9.17, 15) is 14.4 Å². The Hall–Kier alpha value is -3.67. The first-order chi connectivity index (χ1) is 17.3. The van der Waals surface area contributed by atoms with E-state index < -0.39 is 17.7 Å². The second-order valence-corrected chi connectivity index (χ2v) is 9.33. The lowest BCUT2D eigenvalue weighted by atomic mass is 9.85. The van der Waals surface area contributed by atoms with Gasteiger partial charge < -0.3 is 21.9 Å². The first-order valence-electron chi connectivity index (χ1n) is 11.7. The molecule has 3 heterocycles. The topological polar surface area (TPSA) is 160 Å². The Balaban J connectivity index is 0.00000320. The van der Waals surface area contributed by atoms with Crippen LogP contribution in [0.2, 0.25) is 0 Å². The molecule has 2 aromatic rings. The summed E-state index contributed by atoms with van der Waals surface area (Å²) >= 11 is 0. The van der Waals surface area contributed by atoms with Crippen LogP contribution in [-0.4, -0.2) is 58.4 Å². The average Bonchev–Trinajstić information content (AvgIpc) is 3.52. The fourth-order valence-corrected chi connectivity index (χ4v) is 5.64. The number of fused-ring (bicyclic) bond motifs is 2. The maximum atomic E-state index is 13.7. The molecule has 4 atom stereocenters. The second-order valence-electron chi connectivity index (χ2n) is 9.33. The summed E-state index contributed by atoms with van der Waals surface area (Å²) in [6, 6.07) is 11.9. The summed E-state index contributed by atoms with van der Waals surface area (Å²) in [6.07, 6.45) is 0.321.